The molecule has 4 aromatic carbocycles. The summed E-state index contributed by atoms with van der Waals surface area (Å²) in [6.07, 6.45) is 5.80. The molecule has 0 bridgehead atoms. The summed E-state index contributed by atoms with van der Waals surface area (Å²) in [5, 5.41) is 6.75. The molecule has 1 unspecified atom stereocenters. The third kappa shape index (κ3) is 3.41. The summed E-state index contributed by atoms with van der Waals surface area (Å²) in [7, 11) is 0. The summed E-state index contributed by atoms with van der Waals surface area (Å²) in [6, 6.07) is 27.7. The van der Waals surface area contributed by atoms with E-state index in [1.54, 1.807) is 0 Å². The molecule has 2 atom stereocenters. The third-order valence-electron chi connectivity index (χ3n) is 10.3. The summed E-state index contributed by atoms with van der Waals surface area (Å²) in [5.74, 6) is 0.908. The molecule has 1 fully saturated rings. The minimum atomic E-state index is 0.0874. The SMILES string of the molecule is C/C=C\C1=C2N[C@@]3(C)CC3(C)c3cc(-c4cccc5ccccc45)cc(c32)B1c1c(C(C)C)cccc1C(C)C. The van der Waals surface area contributed by atoms with E-state index in [4.69, 9.17) is 0 Å². The summed E-state index contributed by atoms with van der Waals surface area (Å²) in [5.41, 5.74) is 14.6. The maximum atomic E-state index is 4.11. The zero-order valence-electron chi connectivity index (χ0n) is 25.0. The lowest BCUT2D eigenvalue weighted by molar-refractivity contribution is 0.531. The second-order valence-electron chi connectivity index (χ2n) is 13.4. The highest BCUT2D eigenvalue weighted by Gasteiger charge is 2.66. The molecule has 0 aromatic heterocycles. The minimum absolute atomic E-state index is 0.0874. The van der Waals surface area contributed by atoms with E-state index in [0.29, 0.717) is 11.8 Å². The Hall–Kier alpha value is -3.52. The largest absolute Gasteiger partial charge is 0.379 e. The highest BCUT2D eigenvalue weighted by molar-refractivity contribution is 6.95. The number of allylic oxidation sites excluding steroid dienone is 3. The van der Waals surface area contributed by atoms with Gasteiger partial charge in [-0.3, -0.25) is 0 Å². The van der Waals surface area contributed by atoms with Crippen LogP contribution in [0, 0.1) is 0 Å². The molecule has 1 aliphatic carbocycles. The highest BCUT2D eigenvalue weighted by atomic mass is 15.1. The Morgan fingerprint density at radius 3 is 2.23 bits per heavy atom. The molecule has 7 rings (SSSR count). The number of hydrogen-bond acceptors (Lipinski definition) is 1. The van der Waals surface area contributed by atoms with Crippen molar-refractivity contribution < 1.29 is 0 Å². The van der Waals surface area contributed by atoms with Crippen LogP contribution in [0.15, 0.2) is 90.4 Å². The molecule has 3 aliphatic rings. The summed E-state index contributed by atoms with van der Waals surface area (Å²) in [4.78, 5) is 0. The minimum Gasteiger partial charge on any atom is -0.379 e. The van der Waals surface area contributed by atoms with Crippen molar-refractivity contribution >= 4 is 34.1 Å². The Balaban J connectivity index is 1.59. The fourth-order valence-electron chi connectivity index (χ4n) is 7.96. The first kappa shape index (κ1) is 25.5. The van der Waals surface area contributed by atoms with E-state index in [-0.39, 0.29) is 17.7 Å². The van der Waals surface area contributed by atoms with Crippen LogP contribution in [-0.4, -0.2) is 12.3 Å². The van der Waals surface area contributed by atoms with Crippen LogP contribution >= 0.6 is 0 Å². The molecule has 4 aromatic rings. The number of benzene rings is 4. The predicted octanol–water partition coefficient (Wildman–Crippen LogP) is 8.23. The van der Waals surface area contributed by atoms with Crippen LogP contribution in [0.4, 0.5) is 0 Å². The van der Waals surface area contributed by atoms with Gasteiger partial charge in [0.1, 0.15) is 0 Å². The predicted molar refractivity (Wildman–Crippen MR) is 174 cm³/mol. The molecule has 0 radical (unpaired) electrons. The van der Waals surface area contributed by atoms with E-state index in [1.165, 1.54) is 72.7 Å². The molecule has 1 saturated carbocycles. The van der Waals surface area contributed by atoms with Crippen LogP contribution in [0.3, 0.4) is 0 Å². The second-order valence-corrected chi connectivity index (χ2v) is 13.4. The van der Waals surface area contributed by atoms with Crippen LogP contribution in [0.1, 0.15) is 89.0 Å². The van der Waals surface area contributed by atoms with Crippen molar-refractivity contribution in [1.29, 1.82) is 0 Å². The van der Waals surface area contributed by atoms with Crippen LogP contribution in [0.25, 0.3) is 27.6 Å². The molecule has 2 heterocycles. The zero-order valence-corrected chi connectivity index (χ0v) is 25.0. The first-order valence-electron chi connectivity index (χ1n) is 15.1. The van der Waals surface area contributed by atoms with Crippen molar-refractivity contribution in [3.05, 3.63) is 113 Å². The molecule has 0 spiro atoms. The molecule has 1 N–H and O–H groups in total. The van der Waals surface area contributed by atoms with Crippen molar-refractivity contribution in [2.45, 2.75) is 77.7 Å². The Bertz CT molecular complexity index is 1720. The zero-order chi connectivity index (χ0) is 28.0. The maximum Gasteiger partial charge on any atom is 0.245 e. The van der Waals surface area contributed by atoms with E-state index >= 15 is 0 Å². The molecule has 2 aliphatic heterocycles. The average Bonchev–Trinajstić information content (AvgIpc) is 3.41. The summed E-state index contributed by atoms with van der Waals surface area (Å²) < 4.78 is 0. The first-order chi connectivity index (χ1) is 19.2. The standard InChI is InChI=1S/C38H40BN/c1-8-13-32-36-34-31(37(6)22-38(37,7)40-36)20-26(30-19-11-15-25-14-9-10-16-29(25)30)21-33(34)39(32)35-27(23(2)3)17-12-18-28(35)24(4)5/h8-21,23-24,40H,22H2,1-7H3/b13-8-/t37?,38-/m0/s1. The monoisotopic (exact) mass is 521 g/mol. The smallest absolute Gasteiger partial charge is 0.245 e. The van der Waals surface area contributed by atoms with E-state index in [9.17, 15) is 0 Å². The van der Waals surface area contributed by atoms with Gasteiger partial charge < -0.3 is 5.32 Å². The molecular weight excluding hydrogens is 481 g/mol. The average molecular weight is 522 g/mol. The van der Waals surface area contributed by atoms with Crippen molar-refractivity contribution in [1.82, 2.24) is 5.32 Å². The summed E-state index contributed by atoms with van der Waals surface area (Å²) in [6.45, 7) is 16.7. The number of hydrogen-bond donors (Lipinski definition) is 1. The summed E-state index contributed by atoms with van der Waals surface area (Å²) >= 11 is 0. The fraction of sp³-hybridized carbons (Fsp3) is 0.316. The number of fused-ring (bicyclic) bond motifs is 3. The second kappa shape index (κ2) is 8.74. The Morgan fingerprint density at radius 1 is 0.850 bits per heavy atom. The molecule has 1 nitrogen and oxygen atoms in total. The lowest BCUT2D eigenvalue weighted by Crippen LogP contribution is -2.47. The lowest BCUT2D eigenvalue weighted by Gasteiger charge is -2.32. The van der Waals surface area contributed by atoms with Crippen molar-refractivity contribution in [2.75, 3.05) is 0 Å². The van der Waals surface area contributed by atoms with E-state index in [2.05, 4.69) is 139 Å². The molecule has 40 heavy (non-hydrogen) atoms. The van der Waals surface area contributed by atoms with Gasteiger partial charge in [0.2, 0.25) is 6.71 Å². The fourth-order valence-corrected chi connectivity index (χ4v) is 7.96. The van der Waals surface area contributed by atoms with Gasteiger partial charge >= 0.3 is 0 Å². The van der Waals surface area contributed by atoms with E-state index < -0.39 is 0 Å². The van der Waals surface area contributed by atoms with Gasteiger partial charge in [-0.15, -0.1) is 0 Å². The molecule has 200 valence electrons. The van der Waals surface area contributed by atoms with Gasteiger partial charge in [-0.1, -0.05) is 124 Å². The van der Waals surface area contributed by atoms with Gasteiger partial charge in [-0.25, -0.2) is 0 Å². The quantitative estimate of drug-likeness (QED) is 0.261. The molecule has 0 saturated heterocycles. The van der Waals surface area contributed by atoms with Crippen LogP contribution < -0.4 is 16.2 Å². The van der Waals surface area contributed by atoms with Gasteiger partial charge in [0, 0.05) is 16.7 Å². The first-order valence-corrected chi connectivity index (χ1v) is 15.1. The van der Waals surface area contributed by atoms with Gasteiger partial charge in [0.05, 0.1) is 0 Å². The van der Waals surface area contributed by atoms with Crippen LogP contribution in [0.2, 0.25) is 0 Å². The van der Waals surface area contributed by atoms with Crippen molar-refractivity contribution in [3.63, 3.8) is 0 Å². The molecular formula is C38H40BN. The normalized spacial score (nSPS) is 22.9. The van der Waals surface area contributed by atoms with Gasteiger partial charge in [-0.05, 0) is 87.8 Å². The van der Waals surface area contributed by atoms with Crippen LogP contribution in [-0.2, 0) is 5.41 Å². The molecule has 0 amide bonds. The Kier molecular flexibility index (Phi) is 5.56. The van der Waals surface area contributed by atoms with Crippen molar-refractivity contribution in [3.8, 4) is 11.1 Å². The third-order valence-corrected chi connectivity index (χ3v) is 10.3. The maximum absolute atomic E-state index is 4.11. The van der Waals surface area contributed by atoms with E-state index in [1.807, 2.05) is 0 Å². The Labute approximate surface area is 240 Å². The van der Waals surface area contributed by atoms with Crippen molar-refractivity contribution in [2.24, 2.45) is 0 Å². The van der Waals surface area contributed by atoms with Gasteiger partial charge in [-0.2, -0.15) is 0 Å². The number of nitrogens with one attached hydrogen (secondary N) is 1. The van der Waals surface area contributed by atoms with Crippen LogP contribution in [0.5, 0.6) is 0 Å². The topological polar surface area (TPSA) is 12.0 Å². The number of rotatable bonds is 5. The highest BCUT2D eigenvalue weighted by Crippen LogP contribution is 2.63. The van der Waals surface area contributed by atoms with Gasteiger partial charge in [0.25, 0.3) is 0 Å². The van der Waals surface area contributed by atoms with E-state index in [0.717, 1.165) is 0 Å². The van der Waals surface area contributed by atoms with Gasteiger partial charge in [0.15, 0.2) is 0 Å². The lowest BCUT2D eigenvalue weighted by atomic mass is 9.35. The Morgan fingerprint density at radius 2 is 1.52 bits per heavy atom. The molecule has 2 heteroatoms.